The van der Waals surface area contributed by atoms with Crippen LogP contribution in [0.25, 0.3) is 27.6 Å². The molecule has 10 bridgehead atoms. The summed E-state index contributed by atoms with van der Waals surface area (Å²) in [7, 11) is 4.50. The number of aliphatic hydroxyl groups is 4. The van der Waals surface area contributed by atoms with E-state index in [1.165, 1.54) is 243 Å². The van der Waals surface area contributed by atoms with Crippen LogP contribution in [0.5, 0.6) is 0 Å². The fraction of sp³-hybridized carbons (Fsp3) is 0.604. The molecule has 19 atom stereocenters. The topological polar surface area (TPSA) is 184 Å². The maximum absolute atomic E-state index is 13.3. The Balaban J connectivity index is 0.0000000878. The van der Waals surface area contributed by atoms with Crippen LogP contribution in [-0.2, 0) is 0 Å². The predicted molar refractivity (Wildman–Crippen MR) is 416 cm³/mol. The Morgan fingerprint density at radius 2 is 0.561 bits per heavy atom. The number of carbonyl (C=O) groups excluding carboxylic acids is 1. The van der Waals surface area contributed by atoms with E-state index in [2.05, 4.69) is 112 Å². The Hall–Kier alpha value is -6.98. The maximum atomic E-state index is 13.3. The number of nitrogens with zero attached hydrogens (tertiary/aromatic N) is 10. The Bertz CT molecular complexity index is 4410. The first kappa shape index (κ1) is 69.2. The van der Waals surface area contributed by atoms with Gasteiger partial charge in [0.25, 0.3) is 0 Å². The molecule has 558 valence electrons. The highest BCUT2D eigenvalue weighted by atomic mass is 16.3. The van der Waals surface area contributed by atoms with Gasteiger partial charge in [-0.05, 0) is 331 Å². The van der Waals surface area contributed by atoms with Gasteiger partial charge in [0.1, 0.15) is 0 Å². The molecule has 16 heteroatoms. The lowest BCUT2D eigenvalue weighted by Gasteiger charge is -2.29. The normalized spacial score (nSPS) is 32.0. The summed E-state index contributed by atoms with van der Waals surface area (Å²) in [6.07, 6.45) is 67.0. The molecular weight excluding hydrogens is 1320 g/mol. The van der Waals surface area contributed by atoms with E-state index in [9.17, 15) is 25.2 Å². The molecule has 15 aliphatic carbocycles. The van der Waals surface area contributed by atoms with Gasteiger partial charge in [-0.2, -0.15) is 0 Å². The summed E-state index contributed by atoms with van der Waals surface area (Å²) >= 11 is 0. The van der Waals surface area contributed by atoms with E-state index in [0.29, 0.717) is 65.0 Å². The first-order valence-corrected chi connectivity index (χ1v) is 42.6. The minimum absolute atomic E-state index is 0.280. The highest BCUT2D eigenvalue weighted by molar-refractivity contribution is 6.06. The zero-order valence-corrected chi connectivity index (χ0v) is 62.9. The van der Waals surface area contributed by atoms with Crippen LogP contribution >= 0.6 is 0 Å². The van der Waals surface area contributed by atoms with Gasteiger partial charge in [0, 0.05) is 64.7 Å². The van der Waals surface area contributed by atoms with E-state index in [1.54, 1.807) is 0 Å². The third-order valence-electron chi connectivity index (χ3n) is 30.7. The van der Waals surface area contributed by atoms with Crippen molar-refractivity contribution in [3.63, 3.8) is 0 Å². The molecule has 15 aliphatic rings. The van der Waals surface area contributed by atoms with Crippen molar-refractivity contribution >= 4 is 41.2 Å². The molecule has 0 spiro atoms. The summed E-state index contributed by atoms with van der Waals surface area (Å²) in [5, 5.41) is 44.7. The van der Waals surface area contributed by atoms with E-state index in [1.807, 2.05) is 67.0 Å². The summed E-state index contributed by atoms with van der Waals surface area (Å²) in [5.41, 5.74) is 18.1. The second-order valence-corrected chi connectivity index (χ2v) is 37.0. The molecule has 0 saturated heterocycles. The molecule has 107 heavy (non-hydrogen) atoms. The molecule has 0 aromatic carbocycles. The first-order chi connectivity index (χ1) is 52.5. The molecule has 16 unspecified atom stereocenters. The number of Topliss-reactive ketones (excluding diaryl/α,β-unsaturated/α-hetero) is 1. The monoisotopic (exact) mass is 1430 g/mol. The van der Waals surface area contributed by atoms with Crippen LogP contribution in [0, 0.1) is 88.8 Å². The molecule has 4 N–H and O–H groups in total. The zero-order valence-electron chi connectivity index (χ0n) is 62.9. The Kier molecular flexibility index (Phi) is 18.4. The third kappa shape index (κ3) is 13.0. The number of aromatic nitrogens is 10. The Morgan fingerprint density at radius 3 is 0.804 bits per heavy atom. The van der Waals surface area contributed by atoms with Gasteiger partial charge in [-0.3, -0.25) is 4.79 Å². The molecule has 10 heterocycles. The van der Waals surface area contributed by atoms with Gasteiger partial charge >= 0.3 is 0 Å². The summed E-state index contributed by atoms with van der Waals surface area (Å²) in [5.74, 6) is 13.9. The van der Waals surface area contributed by atoms with Crippen molar-refractivity contribution in [3.8, 4) is 0 Å². The van der Waals surface area contributed by atoms with Gasteiger partial charge in [-0.25, -0.2) is 24.9 Å². The van der Waals surface area contributed by atoms with Crippen molar-refractivity contribution < 1.29 is 25.2 Å². The van der Waals surface area contributed by atoms with Gasteiger partial charge < -0.3 is 42.4 Å². The number of hydrogen-bond donors (Lipinski definition) is 4. The molecule has 15 saturated carbocycles. The number of aliphatic hydroxyl groups excluding tert-OH is 4. The van der Waals surface area contributed by atoms with Gasteiger partial charge in [0.15, 0.2) is 5.78 Å². The van der Waals surface area contributed by atoms with Gasteiger partial charge in [0.05, 0.1) is 122 Å². The quantitative estimate of drug-likeness (QED) is 0.0569. The zero-order chi connectivity index (χ0) is 71.9. The molecule has 15 fully saturated rings. The molecule has 0 aliphatic heterocycles. The van der Waals surface area contributed by atoms with Crippen LogP contribution in [0.2, 0.25) is 6.82 Å². The standard InChI is InChI=1S/4C18H22N2O.C18H20N2O.CH3B/c5*21-18(15-8-11-1-2-13(15)7-11)17-14(12-3-4-12)5-6-20-10-19-9-16(17)20;1-2/h4*5-6,9-13,15,18,21H,1-4,7-8H2;5-6,9-13,15H,1-4,7-8H2;1H3/t3*11?,13?,15?,18-;;;/m000.../s1. The average Bonchev–Trinajstić information content (AvgIpc) is 1.65. The fourth-order valence-electron chi connectivity index (χ4n) is 24.8. The van der Waals surface area contributed by atoms with Crippen LogP contribution in [0.1, 0.15) is 307 Å². The smallest absolute Gasteiger partial charge is 0.168 e. The van der Waals surface area contributed by atoms with Crippen molar-refractivity contribution in [3.05, 3.63) is 180 Å². The van der Waals surface area contributed by atoms with Crippen LogP contribution < -0.4 is 0 Å². The average molecular weight is 1440 g/mol. The van der Waals surface area contributed by atoms with Crippen molar-refractivity contribution in [1.29, 1.82) is 0 Å². The number of fused-ring (bicyclic) bond motifs is 15. The van der Waals surface area contributed by atoms with E-state index >= 15 is 0 Å². The molecule has 25 rings (SSSR count). The van der Waals surface area contributed by atoms with Crippen LogP contribution in [0.3, 0.4) is 0 Å². The minimum Gasteiger partial charge on any atom is -0.388 e. The fourth-order valence-corrected chi connectivity index (χ4v) is 24.8. The molecule has 10 aromatic heterocycles. The molecule has 15 nitrogen and oxygen atoms in total. The van der Waals surface area contributed by atoms with E-state index in [-0.39, 0.29) is 30.3 Å². The number of hydrogen-bond acceptors (Lipinski definition) is 10. The largest absolute Gasteiger partial charge is 0.388 e. The molecule has 10 aromatic rings. The number of rotatable bonds is 15. The van der Waals surface area contributed by atoms with Gasteiger partial charge in [0.2, 0.25) is 0 Å². The summed E-state index contributed by atoms with van der Waals surface area (Å²) < 4.78 is 10.3. The molecular formula is C91H111BN10O5. The second-order valence-electron chi connectivity index (χ2n) is 37.0. The Morgan fingerprint density at radius 1 is 0.318 bits per heavy atom. The third-order valence-corrected chi connectivity index (χ3v) is 30.7. The molecule has 2 radical (unpaired) electrons. The van der Waals surface area contributed by atoms with Crippen molar-refractivity contribution in [2.45, 2.75) is 253 Å². The lowest BCUT2D eigenvalue weighted by atomic mass is 9.80. The number of imidazole rings is 5. The van der Waals surface area contributed by atoms with Crippen molar-refractivity contribution in [2.75, 3.05) is 0 Å². The number of pyridine rings is 5. The van der Waals surface area contributed by atoms with E-state index < -0.39 is 0 Å². The highest BCUT2D eigenvalue weighted by Gasteiger charge is 2.50. The summed E-state index contributed by atoms with van der Waals surface area (Å²) in [6, 6.07) is 11.0. The molecule has 0 amide bonds. The van der Waals surface area contributed by atoms with Gasteiger partial charge in [-0.15, -0.1) is 0 Å². The van der Waals surface area contributed by atoms with Crippen molar-refractivity contribution in [2.24, 2.45) is 88.8 Å². The predicted octanol–water partition coefficient (Wildman–Crippen LogP) is 18.8. The Labute approximate surface area is 631 Å². The maximum Gasteiger partial charge on any atom is 0.168 e. The van der Waals surface area contributed by atoms with E-state index in [4.69, 9.17) is 0 Å². The second kappa shape index (κ2) is 28.4. The summed E-state index contributed by atoms with van der Waals surface area (Å²) in [6.45, 7) is 1.50. The van der Waals surface area contributed by atoms with Crippen LogP contribution in [-0.4, -0.2) is 81.0 Å². The summed E-state index contributed by atoms with van der Waals surface area (Å²) in [4.78, 5) is 34.7. The van der Waals surface area contributed by atoms with Crippen LogP contribution in [0.4, 0.5) is 0 Å². The lowest BCUT2D eigenvalue weighted by Crippen LogP contribution is -2.22. The number of ketones is 1. The van der Waals surface area contributed by atoms with Crippen molar-refractivity contribution in [1.82, 2.24) is 46.9 Å². The van der Waals surface area contributed by atoms with Gasteiger partial charge in [-0.1, -0.05) is 38.9 Å². The van der Waals surface area contributed by atoms with Crippen LogP contribution in [0.15, 0.2) is 124 Å². The SMILES string of the molecule is O=C(c1c(C2CC2)ccn2cncc12)C1CC2CCC1C2.OC(c1c(C2CC2)ccn2cncc12)C1CC2CCC1C2.O[C@H](c1c(C2CC2)ccn2cncc12)C1CC2CCC1C2.O[C@H](c1c(C2CC2)ccn2cncc12)C1CC2CCC1C2.O[C@H](c1c(C2CC2)ccn2cncc12)C1CC2CCC1C2.[B]C. The highest BCUT2D eigenvalue weighted by Crippen LogP contribution is 2.60. The number of carbonyl (C=O) groups is 1. The minimum atomic E-state index is -0.295. The first-order valence-electron chi connectivity index (χ1n) is 42.6. The lowest BCUT2D eigenvalue weighted by molar-refractivity contribution is 0.0745. The van der Waals surface area contributed by atoms with E-state index in [0.717, 1.165) is 92.8 Å².